The van der Waals surface area contributed by atoms with E-state index in [9.17, 15) is 14.4 Å². The molecule has 1 aliphatic heterocycles. The number of carbonyl (C=O) groups is 3. The fourth-order valence-electron chi connectivity index (χ4n) is 1.86. The van der Waals surface area contributed by atoms with Crippen molar-refractivity contribution in [3.8, 4) is 6.07 Å². The van der Waals surface area contributed by atoms with Gasteiger partial charge in [-0.15, -0.1) is 0 Å². The van der Waals surface area contributed by atoms with Crippen molar-refractivity contribution in [2.75, 3.05) is 13.1 Å². The van der Waals surface area contributed by atoms with Crippen LogP contribution in [0.4, 0.5) is 0 Å². The molecule has 0 radical (unpaired) electrons. The summed E-state index contributed by atoms with van der Waals surface area (Å²) in [6.07, 6.45) is 4.98. The minimum absolute atomic E-state index is 0.0687. The SMILES string of the molecule is CCN1C(=O)C(=CC=CC=C(C#N)C(=O)O)C(=O)N(CC)C1=S. The molecule has 8 heteroatoms. The van der Waals surface area contributed by atoms with Crippen molar-refractivity contribution in [3.05, 3.63) is 35.5 Å². The van der Waals surface area contributed by atoms with E-state index in [4.69, 9.17) is 22.6 Å². The first-order chi connectivity index (χ1) is 10.9. The number of allylic oxidation sites excluding steroid dienone is 4. The fraction of sp³-hybridized carbons (Fsp3) is 0.267. The van der Waals surface area contributed by atoms with Crippen molar-refractivity contribution in [1.29, 1.82) is 5.26 Å². The molecule has 0 atom stereocenters. The van der Waals surface area contributed by atoms with E-state index in [1.807, 2.05) is 0 Å². The third-order valence-electron chi connectivity index (χ3n) is 3.03. The Balaban J connectivity index is 3.11. The summed E-state index contributed by atoms with van der Waals surface area (Å²) in [6, 6.07) is 1.52. The Morgan fingerprint density at radius 3 is 2.13 bits per heavy atom. The van der Waals surface area contributed by atoms with Crippen LogP contribution in [0, 0.1) is 11.3 Å². The molecule has 1 saturated heterocycles. The number of nitriles is 1. The Bertz CT molecular complexity index is 657. The molecule has 2 amide bonds. The van der Waals surface area contributed by atoms with E-state index < -0.39 is 23.4 Å². The number of hydrogen-bond donors (Lipinski definition) is 1. The van der Waals surface area contributed by atoms with Crippen molar-refractivity contribution in [3.63, 3.8) is 0 Å². The molecular weight excluding hydrogens is 318 g/mol. The normalized spacial score (nSPS) is 16.1. The lowest BCUT2D eigenvalue weighted by Crippen LogP contribution is -2.55. The summed E-state index contributed by atoms with van der Waals surface area (Å²) >= 11 is 5.12. The molecule has 1 rings (SSSR count). The van der Waals surface area contributed by atoms with Gasteiger partial charge >= 0.3 is 5.97 Å². The van der Waals surface area contributed by atoms with Crippen molar-refractivity contribution < 1.29 is 19.5 Å². The maximum Gasteiger partial charge on any atom is 0.346 e. The zero-order valence-electron chi connectivity index (χ0n) is 12.6. The summed E-state index contributed by atoms with van der Waals surface area (Å²) in [6.45, 7) is 4.16. The van der Waals surface area contributed by atoms with Gasteiger partial charge in [0.25, 0.3) is 11.8 Å². The van der Waals surface area contributed by atoms with Gasteiger partial charge in [0.1, 0.15) is 17.2 Å². The van der Waals surface area contributed by atoms with E-state index in [0.29, 0.717) is 13.1 Å². The van der Waals surface area contributed by atoms with Crippen LogP contribution in [0.25, 0.3) is 0 Å². The first-order valence-corrected chi connectivity index (χ1v) is 7.19. The van der Waals surface area contributed by atoms with E-state index in [2.05, 4.69) is 0 Å². The first-order valence-electron chi connectivity index (χ1n) is 6.78. The van der Waals surface area contributed by atoms with Crippen LogP contribution in [0.5, 0.6) is 0 Å². The highest BCUT2D eigenvalue weighted by molar-refractivity contribution is 7.80. The quantitative estimate of drug-likeness (QED) is 0.265. The van der Waals surface area contributed by atoms with Crippen LogP contribution in [0.1, 0.15) is 13.8 Å². The van der Waals surface area contributed by atoms with Crippen LogP contribution in [0.3, 0.4) is 0 Å². The maximum atomic E-state index is 12.3. The molecule has 0 aliphatic carbocycles. The Morgan fingerprint density at radius 1 is 1.22 bits per heavy atom. The monoisotopic (exact) mass is 333 g/mol. The zero-order chi connectivity index (χ0) is 17.6. The average molecular weight is 333 g/mol. The molecule has 0 bridgehead atoms. The molecule has 1 heterocycles. The summed E-state index contributed by atoms with van der Waals surface area (Å²) in [4.78, 5) is 37.8. The second-order valence-electron chi connectivity index (χ2n) is 4.34. The van der Waals surface area contributed by atoms with Crippen molar-refractivity contribution in [2.45, 2.75) is 13.8 Å². The van der Waals surface area contributed by atoms with E-state index in [-0.39, 0.29) is 10.7 Å². The summed E-state index contributed by atoms with van der Waals surface area (Å²) < 4.78 is 0. The van der Waals surface area contributed by atoms with Crippen LogP contribution in [-0.2, 0) is 14.4 Å². The lowest BCUT2D eigenvalue weighted by molar-refractivity contribution is -0.134. The van der Waals surface area contributed by atoms with Crippen molar-refractivity contribution >= 4 is 35.1 Å². The van der Waals surface area contributed by atoms with Gasteiger partial charge in [-0.25, -0.2) is 4.79 Å². The molecule has 0 unspecified atom stereocenters. The average Bonchev–Trinajstić information content (AvgIpc) is 2.50. The maximum absolute atomic E-state index is 12.3. The number of carbonyl (C=O) groups excluding carboxylic acids is 2. The van der Waals surface area contributed by atoms with Gasteiger partial charge in [-0.1, -0.05) is 12.2 Å². The molecule has 0 aromatic rings. The fourth-order valence-corrected chi connectivity index (χ4v) is 2.29. The molecule has 7 nitrogen and oxygen atoms in total. The summed E-state index contributed by atoms with van der Waals surface area (Å²) in [5.41, 5.74) is -0.520. The van der Waals surface area contributed by atoms with Crippen molar-refractivity contribution in [2.24, 2.45) is 0 Å². The number of likely N-dealkylation sites (N-methyl/N-ethyl adjacent to an activating group) is 2. The highest BCUT2D eigenvalue weighted by Gasteiger charge is 2.37. The lowest BCUT2D eigenvalue weighted by Gasteiger charge is -2.35. The van der Waals surface area contributed by atoms with Gasteiger partial charge in [0.15, 0.2) is 5.11 Å². The topological polar surface area (TPSA) is 102 Å². The Morgan fingerprint density at radius 2 is 1.74 bits per heavy atom. The molecule has 0 spiro atoms. The molecular formula is C15H15N3O4S. The minimum Gasteiger partial charge on any atom is -0.477 e. The number of carboxylic acids is 1. The van der Waals surface area contributed by atoms with Gasteiger partial charge in [-0.3, -0.25) is 19.4 Å². The molecule has 0 saturated carbocycles. The molecule has 1 aliphatic rings. The summed E-state index contributed by atoms with van der Waals surface area (Å²) in [5, 5.41) is 17.5. The number of thiocarbonyl (C=S) groups is 1. The summed E-state index contributed by atoms with van der Waals surface area (Å²) in [5.74, 6) is -2.35. The number of nitrogens with zero attached hydrogens (tertiary/aromatic N) is 3. The molecule has 1 fully saturated rings. The molecule has 120 valence electrons. The third kappa shape index (κ3) is 3.90. The number of carboxylic acid groups (broad SMARTS) is 1. The van der Waals surface area contributed by atoms with E-state index in [0.717, 1.165) is 6.08 Å². The van der Waals surface area contributed by atoms with Gasteiger partial charge < -0.3 is 5.11 Å². The zero-order valence-corrected chi connectivity index (χ0v) is 13.5. The Kier molecular flexibility index (Phi) is 6.35. The lowest BCUT2D eigenvalue weighted by atomic mass is 10.1. The van der Waals surface area contributed by atoms with E-state index >= 15 is 0 Å². The highest BCUT2D eigenvalue weighted by Crippen LogP contribution is 2.17. The van der Waals surface area contributed by atoms with Crippen molar-refractivity contribution in [1.82, 2.24) is 9.80 Å². The number of hydrogen-bond acceptors (Lipinski definition) is 5. The van der Waals surface area contributed by atoms with Crippen LogP contribution >= 0.6 is 12.2 Å². The third-order valence-corrected chi connectivity index (χ3v) is 3.47. The number of amides is 2. The predicted octanol–water partition coefficient (Wildman–Crippen LogP) is 0.999. The largest absolute Gasteiger partial charge is 0.477 e. The van der Waals surface area contributed by atoms with Gasteiger partial charge in [0, 0.05) is 13.1 Å². The predicted molar refractivity (Wildman–Crippen MR) is 85.9 cm³/mol. The smallest absolute Gasteiger partial charge is 0.346 e. The first kappa shape index (κ1) is 18.3. The second kappa shape index (κ2) is 8.00. The summed E-state index contributed by atoms with van der Waals surface area (Å²) in [7, 11) is 0. The van der Waals surface area contributed by atoms with Crippen LogP contribution in [-0.4, -0.2) is 50.9 Å². The second-order valence-corrected chi connectivity index (χ2v) is 4.71. The molecule has 0 aromatic heterocycles. The number of aliphatic carboxylic acids is 1. The highest BCUT2D eigenvalue weighted by atomic mass is 32.1. The Labute approximate surface area is 138 Å². The van der Waals surface area contributed by atoms with Crippen LogP contribution < -0.4 is 0 Å². The van der Waals surface area contributed by atoms with E-state index in [1.165, 1.54) is 34.1 Å². The minimum atomic E-state index is -1.35. The van der Waals surface area contributed by atoms with E-state index in [1.54, 1.807) is 13.8 Å². The molecule has 23 heavy (non-hydrogen) atoms. The van der Waals surface area contributed by atoms with Gasteiger partial charge in [0.2, 0.25) is 0 Å². The van der Waals surface area contributed by atoms with Gasteiger partial charge in [-0.05, 0) is 38.2 Å². The standard InChI is InChI=1S/C15H15N3O4S/c1-3-17-12(19)11(13(20)18(4-2)15(17)23)8-6-5-7-10(9-16)14(21)22/h5-8H,3-4H2,1-2H3,(H,21,22). The molecule has 0 aromatic carbocycles. The molecule has 1 N–H and O–H groups in total. The number of rotatable bonds is 5. The van der Waals surface area contributed by atoms with Crippen LogP contribution in [0.15, 0.2) is 35.5 Å². The van der Waals surface area contributed by atoms with Gasteiger partial charge in [0.05, 0.1) is 0 Å². The van der Waals surface area contributed by atoms with Gasteiger partial charge in [-0.2, -0.15) is 5.26 Å². The Hall–Kier alpha value is -2.79. The van der Waals surface area contributed by atoms with Crippen LogP contribution in [0.2, 0.25) is 0 Å².